The molecule has 0 bridgehead atoms. The number of hydrogen-bond donors (Lipinski definition) is 2. The smallest absolute Gasteiger partial charge is 0.0314 e. The molecule has 0 unspecified atom stereocenters. The number of nitrogen functional groups attached to an aromatic ring is 2. The second-order valence-corrected chi connectivity index (χ2v) is 13.6. The highest BCUT2D eigenvalue weighted by Gasteiger charge is 2.09. The molecule has 2 nitrogen and oxygen atoms in total. The van der Waals surface area contributed by atoms with Crippen LogP contribution in [0.4, 0.5) is 11.4 Å². The van der Waals surface area contributed by atoms with Gasteiger partial charge < -0.3 is 11.5 Å². The lowest BCUT2D eigenvalue weighted by Crippen LogP contribution is -2.01. The first-order valence-corrected chi connectivity index (χ1v) is 18.4. The van der Waals surface area contributed by atoms with Crippen molar-refractivity contribution in [2.75, 3.05) is 11.5 Å². The van der Waals surface area contributed by atoms with Crippen molar-refractivity contribution in [1.29, 1.82) is 0 Å². The van der Waals surface area contributed by atoms with Gasteiger partial charge in [0.1, 0.15) is 0 Å². The molecular weight excluding hydrogens is 556 g/mol. The Morgan fingerprint density at radius 3 is 1.07 bits per heavy atom. The monoisotopic (exact) mass is 616 g/mol. The minimum atomic E-state index is 0.833. The van der Waals surface area contributed by atoms with E-state index in [1.165, 1.54) is 125 Å². The molecule has 0 aliphatic heterocycles. The van der Waals surface area contributed by atoms with E-state index < -0.39 is 0 Å². The van der Waals surface area contributed by atoms with Gasteiger partial charge in [-0.3, -0.25) is 0 Å². The molecule has 0 fully saturated rings. The third kappa shape index (κ3) is 12.3. The quantitative estimate of drug-likeness (QED) is 0.0723. The maximum absolute atomic E-state index is 5.93. The number of rotatable bonds is 21. The van der Waals surface area contributed by atoms with Crippen LogP contribution >= 0.6 is 0 Å². The zero-order chi connectivity index (χ0) is 32.4. The van der Waals surface area contributed by atoms with E-state index in [0.29, 0.717) is 0 Å². The van der Waals surface area contributed by atoms with Gasteiger partial charge in [0.15, 0.2) is 0 Å². The van der Waals surface area contributed by atoms with Crippen LogP contribution in [-0.2, 0) is 38.5 Å². The van der Waals surface area contributed by atoms with Gasteiger partial charge in [-0.1, -0.05) is 126 Å². The average Bonchev–Trinajstić information content (AvgIpc) is 3.06. The summed E-state index contributed by atoms with van der Waals surface area (Å²) in [5.74, 6) is 0. The van der Waals surface area contributed by atoms with Gasteiger partial charge in [-0.2, -0.15) is 0 Å². The summed E-state index contributed by atoms with van der Waals surface area (Å²) in [5.41, 5.74) is 25.3. The van der Waals surface area contributed by atoms with Crippen LogP contribution < -0.4 is 11.5 Å². The predicted molar refractivity (Wildman–Crippen MR) is 202 cm³/mol. The van der Waals surface area contributed by atoms with E-state index in [-0.39, 0.29) is 0 Å². The van der Waals surface area contributed by atoms with Crippen molar-refractivity contribution in [3.63, 3.8) is 0 Å². The first kappa shape index (κ1) is 35.3. The Balaban J connectivity index is 1.38. The summed E-state index contributed by atoms with van der Waals surface area (Å²) in [4.78, 5) is 0. The summed E-state index contributed by atoms with van der Waals surface area (Å²) in [7, 11) is 0. The van der Waals surface area contributed by atoms with Crippen LogP contribution in [0.5, 0.6) is 0 Å². The number of aryl methyl sites for hydroxylation is 4. The van der Waals surface area contributed by atoms with Crippen LogP contribution in [0, 0.1) is 0 Å². The maximum atomic E-state index is 5.93. The molecule has 0 saturated carbocycles. The number of hydrogen-bond acceptors (Lipinski definition) is 2. The molecule has 4 N–H and O–H groups in total. The molecule has 46 heavy (non-hydrogen) atoms. The van der Waals surface area contributed by atoms with E-state index in [9.17, 15) is 0 Å². The Labute approximate surface area is 281 Å². The van der Waals surface area contributed by atoms with Crippen molar-refractivity contribution in [3.05, 3.63) is 129 Å². The van der Waals surface area contributed by atoms with Crippen LogP contribution in [0.2, 0.25) is 0 Å². The van der Waals surface area contributed by atoms with Crippen molar-refractivity contribution in [1.82, 2.24) is 0 Å². The van der Waals surface area contributed by atoms with Gasteiger partial charge in [0.25, 0.3) is 0 Å². The molecule has 0 aromatic heterocycles. The van der Waals surface area contributed by atoms with Crippen molar-refractivity contribution in [2.24, 2.45) is 0 Å². The fourth-order valence-electron chi connectivity index (χ4n) is 6.74. The molecule has 4 aromatic rings. The van der Waals surface area contributed by atoms with E-state index in [2.05, 4.69) is 74.5 Å². The minimum absolute atomic E-state index is 0.833. The third-order valence-electron chi connectivity index (χ3n) is 9.56. The Kier molecular flexibility index (Phi) is 15.3. The molecule has 2 heteroatoms. The first-order chi connectivity index (χ1) is 22.5. The molecule has 246 valence electrons. The molecular formula is C44H60N2. The standard InChI is InChI=1S/C44H60N2/c1-3-5-7-9-11-17-41-33-37(31-35-21-27-43(45)28-22-35)19-25-39(41)15-13-14-16-40-26-20-38(32-36-23-29-44(46)30-24-36)34-42(40)18-12-10-8-6-4-2/h19-30,33-34H,3-18,31-32,45-46H2,1-2H3. The Bertz CT molecular complexity index is 1310. The highest BCUT2D eigenvalue weighted by Crippen LogP contribution is 2.24. The highest BCUT2D eigenvalue weighted by atomic mass is 14.5. The number of unbranched alkanes of at least 4 members (excludes halogenated alkanes) is 9. The summed E-state index contributed by atoms with van der Waals surface area (Å²) < 4.78 is 0. The van der Waals surface area contributed by atoms with Gasteiger partial charge in [-0.05, 0) is 133 Å². The molecule has 0 spiro atoms. The summed E-state index contributed by atoms with van der Waals surface area (Å²) in [6.07, 6.45) is 22.5. The number of nitrogens with two attached hydrogens (primary N) is 2. The first-order valence-electron chi connectivity index (χ1n) is 18.4. The molecule has 0 aliphatic rings. The Hall–Kier alpha value is -3.52. The lowest BCUT2D eigenvalue weighted by Gasteiger charge is -2.15. The predicted octanol–water partition coefficient (Wildman–Crippen LogP) is 11.6. The van der Waals surface area contributed by atoms with Crippen molar-refractivity contribution >= 4 is 11.4 Å². The number of anilines is 2. The fraction of sp³-hybridized carbons (Fsp3) is 0.455. The van der Waals surface area contributed by atoms with Crippen LogP contribution in [0.1, 0.15) is 135 Å². The zero-order valence-electron chi connectivity index (χ0n) is 29.0. The molecule has 0 saturated heterocycles. The maximum Gasteiger partial charge on any atom is 0.0314 e. The van der Waals surface area contributed by atoms with Gasteiger partial charge in [0.05, 0.1) is 0 Å². The largest absolute Gasteiger partial charge is 0.399 e. The molecule has 0 amide bonds. The minimum Gasteiger partial charge on any atom is -0.399 e. The van der Waals surface area contributed by atoms with E-state index in [1.54, 1.807) is 22.3 Å². The van der Waals surface area contributed by atoms with Crippen molar-refractivity contribution < 1.29 is 0 Å². The summed E-state index contributed by atoms with van der Waals surface area (Å²) in [6.45, 7) is 4.59. The van der Waals surface area contributed by atoms with Crippen molar-refractivity contribution in [2.45, 2.75) is 129 Å². The van der Waals surface area contributed by atoms with E-state index in [4.69, 9.17) is 11.5 Å². The summed E-state index contributed by atoms with van der Waals surface area (Å²) in [6, 6.07) is 31.3. The van der Waals surface area contributed by atoms with Crippen LogP contribution in [-0.4, -0.2) is 0 Å². The highest BCUT2D eigenvalue weighted by molar-refractivity contribution is 5.43. The van der Waals surface area contributed by atoms with Gasteiger partial charge in [-0.25, -0.2) is 0 Å². The van der Waals surface area contributed by atoms with E-state index >= 15 is 0 Å². The van der Waals surface area contributed by atoms with Gasteiger partial charge in [-0.15, -0.1) is 0 Å². The molecule has 4 aromatic carbocycles. The number of benzene rings is 4. The van der Waals surface area contributed by atoms with Crippen LogP contribution in [0.3, 0.4) is 0 Å². The van der Waals surface area contributed by atoms with Gasteiger partial charge in [0.2, 0.25) is 0 Å². The fourth-order valence-corrected chi connectivity index (χ4v) is 6.74. The van der Waals surface area contributed by atoms with Crippen LogP contribution in [0.25, 0.3) is 0 Å². The van der Waals surface area contributed by atoms with E-state index in [0.717, 1.165) is 24.2 Å². The van der Waals surface area contributed by atoms with Crippen molar-refractivity contribution in [3.8, 4) is 0 Å². The molecule has 0 atom stereocenters. The summed E-state index contributed by atoms with van der Waals surface area (Å²) in [5, 5.41) is 0. The molecule has 4 rings (SSSR count). The Morgan fingerprint density at radius 2 is 0.674 bits per heavy atom. The molecule has 0 heterocycles. The van der Waals surface area contributed by atoms with E-state index in [1.807, 2.05) is 24.3 Å². The second kappa shape index (κ2) is 19.9. The summed E-state index contributed by atoms with van der Waals surface area (Å²) >= 11 is 0. The van der Waals surface area contributed by atoms with Gasteiger partial charge >= 0.3 is 0 Å². The van der Waals surface area contributed by atoms with Crippen LogP contribution in [0.15, 0.2) is 84.9 Å². The molecule has 0 radical (unpaired) electrons. The van der Waals surface area contributed by atoms with Gasteiger partial charge in [0, 0.05) is 11.4 Å². The molecule has 0 aliphatic carbocycles. The topological polar surface area (TPSA) is 52.0 Å². The lowest BCUT2D eigenvalue weighted by molar-refractivity contribution is 0.627. The average molecular weight is 617 g/mol. The Morgan fingerprint density at radius 1 is 0.348 bits per heavy atom. The lowest BCUT2D eigenvalue weighted by atomic mass is 9.91. The second-order valence-electron chi connectivity index (χ2n) is 13.6. The SMILES string of the molecule is CCCCCCCc1cc(Cc2ccc(N)cc2)ccc1CCCCc1ccc(Cc2ccc(N)cc2)cc1CCCCCCC. The third-order valence-corrected chi connectivity index (χ3v) is 9.56. The normalized spacial score (nSPS) is 11.3. The zero-order valence-corrected chi connectivity index (χ0v) is 29.0.